The van der Waals surface area contributed by atoms with E-state index in [9.17, 15) is 25.0 Å². The SMILES string of the molecule is CCOC(=O)c1ccc(CN/C=C(/C#N)C(=O)Nc2ccc([N+](=O)[O-])cc2)cc1. The molecule has 0 fully saturated rings. The fourth-order valence-electron chi connectivity index (χ4n) is 2.26. The second-order valence-corrected chi connectivity index (χ2v) is 5.73. The highest BCUT2D eigenvalue weighted by Crippen LogP contribution is 2.16. The third kappa shape index (κ3) is 6.18. The molecule has 0 bridgehead atoms. The number of amides is 1. The minimum absolute atomic E-state index is 0.102. The summed E-state index contributed by atoms with van der Waals surface area (Å²) in [5.74, 6) is -1.05. The van der Waals surface area contributed by atoms with Crippen molar-refractivity contribution in [3.05, 3.63) is 81.5 Å². The standard InChI is InChI=1S/C20H18N4O5/c1-2-29-20(26)15-5-3-14(4-6-15)12-22-13-16(11-21)19(25)23-17-7-9-18(10-8-17)24(27)28/h3-10,13,22H,2,12H2,1H3,(H,23,25)/b16-13-. The molecule has 2 N–H and O–H groups in total. The van der Waals surface area contributed by atoms with Gasteiger partial charge in [-0.25, -0.2) is 4.79 Å². The van der Waals surface area contributed by atoms with Gasteiger partial charge in [0.25, 0.3) is 11.6 Å². The third-order valence-electron chi connectivity index (χ3n) is 3.72. The van der Waals surface area contributed by atoms with Crippen LogP contribution >= 0.6 is 0 Å². The molecule has 0 aliphatic carbocycles. The van der Waals surface area contributed by atoms with Crippen molar-refractivity contribution in [3.8, 4) is 6.07 Å². The highest BCUT2D eigenvalue weighted by Gasteiger charge is 2.11. The lowest BCUT2D eigenvalue weighted by Crippen LogP contribution is -2.16. The summed E-state index contributed by atoms with van der Waals surface area (Å²) in [4.78, 5) is 33.9. The maximum Gasteiger partial charge on any atom is 0.338 e. The molecule has 0 aromatic heterocycles. The van der Waals surface area contributed by atoms with E-state index in [0.29, 0.717) is 24.4 Å². The average molecular weight is 394 g/mol. The smallest absolute Gasteiger partial charge is 0.338 e. The molecule has 0 saturated carbocycles. The number of rotatable bonds is 8. The second kappa shape index (κ2) is 10.2. The lowest BCUT2D eigenvalue weighted by atomic mass is 10.1. The normalized spacial score (nSPS) is 10.6. The van der Waals surface area contributed by atoms with Crippen molar-refractivity contribution in [2.24, 2.45) is 0 Å². The molecule has 9 heteroatoms. The van der Waals surface area contributed by atoms with E-state index in [1.807, 2.05) is 0 Å². The zero-order chi connectivity index (χ0) is 21.2. The Morgan fingerprint density at radius 2 is 1.83 bits per heavy atom. The Morgan fingerprint density at radius 1 is 1.17 bits per heavy atom. The van der Waals surface area contributed by atoms with Gasteiger partial charge in [0.1, 0.15) is 11.6 Å². The number of ether oxygens (including phenoxy) is 1. The number of benzene rings is 2. The van der Waals surface area contributed by atoms with Gasteiger partial charge in [-0.1, -0.05) is 12.1 Å². The molecule has 0 radical (unpaired) electrons. The Balaban J connectivity index is 1.93. The van der Waals surface area contributed by atoms with Gasteiger partial charge in [-0.05, 0) is 36.8 Å². The molecule has 1 amide bonds. The van der Waals surface area contributed by atoms with E-state index < -0.39 is 16.8 Å². The lowest BCUT2D eigenvalue weighted by Gasteiger charge is -2.06. The van der Waals surface area contributed by atoms with E-state index in [1.54, 1.807) is 37.3 Å². The number of hydrogen-bond donors (Lipinski definition) is 2. The van der Waals surface area contributed by atoms with Crippen LogP contribution in [-0.4, -0.2) is 23.4 Å². The second-order valence-electron chi connectivity index (χ2n) is 5.73. The molecule has 2 rings (SSSR count). The Labute approximate surface area is 166 Å². The van der Waals surface area contributed by atoms with Gasteiger partial charge in [-0.3, -0.25) is 14.9 Å². The summed E-state index contributed by atoms with van der Waals surface area (Å²) < 4.78 is 4.91. The fourth-order valence-corrected chi connectivity index (χ4v) is 2.26. The highest BCUT2D eigenvalue weighted by atomic mass is 16.6. The molecule has 0 heterocycles. The molecule has 2 aromatic carbocycles. The van der Waals surface area contributed by atoms with Crippen LogP contribution in [0.2, 0.25) is 0 Å². The number of carbonyl (C=O) groups excluding carboxylic acids is 2. The van der Waals surface area contributed by atoms with Gasteiger partial charge in [0, 0.05) is 30.6 Å². The van der Waals surface area contributed by atoms with Crippen LogP contribution in [0.15, 0.2) is 60.3 Å². The van der Waals surface area contributed by atoms with E-state index in [4.69, 9.17) is 4.74 Å². The quantitative estimate of drug-likeness (QED) is 0.231. The van der Waals surface area contributed by atoms with Gasteiger partial charge in [0.2, 0.25) is 0 Å². The van der Waals surface area contributed by atoms with Crippen LogP contribution in [0.1, 0.15) is 22.8 Å². The number of nitrogens with zero attached hydrogens (tertiary/aromatic N) is 2. The van der Waals surface area contributed by atoms with Crippen LogP contribution in [0.25, 0.3) is 0 Å². The van der Waals surface area contributed by atoms with Gasteiger partial charge < -0.3 is 15.4 Å². The van der Waals surface area contributed by atoms with Crippen LogP contribution in [0, 0.1) is 21.4 Å². The molecule has 0 unspecified atom stereocenters. The minimum atomic E-state index is -0.647. The molecule has 0 spiro atoms. The first-order valence-electron chi connectivity index (χ1n) is 8.60. The van der Waals surface area contributed by atoms with Crippen molar-refractivity contribution >= 4 is 23.3 Å². The Morgan fingerprint density at radius 3 is 2.38 bits per heavy atom. The van der Waals surface area contributed by atoms with Gasteiger partial charge in [0.05, 0.1) is 17.1 Å². The summed E-state index contributed by atoms with van der Waals surface area (Å²) >= 11 is 0. The molecular formula is C20H18N4O5. The van der Waals surface area contributed by atoms with Crippen molar-refractivity contribution in [2.45, 2.75) is 13.5 Å². The topological polar surface area (TPSA) is 134 Å². The lowest BCUT2D eigenvalue weighted by molar-refractivity contribution is -0.384. The number of nitro groups is 1. The predicted octanol–water partition coefficient (Wildman–Crippen LogP) is 2.91. The summed E-state index contributed by atoms with van der Waals surface area (Å²) in [5, 5.41) is 25.2. The summed E-state index contributed by atoms with van der Waals surface area (Å²) in [6, 6.07) is 13.8. The van der Waals surface area contributed by atoms with Crippen LogP contribution in [-0.2, 0) is 16.1 Å². The number of anilines is 1. The fraction of sp³-hybridized carbons (Fsp3) is 0.150. The first-order valence-corrected chi connectivity index (χ1v) is 8.60. The highest BCUT2D eigenvalue weighted by molar-refractivity contribution is 6.06. The number of nitrogens with one attached hydrogen (secondary N) is 2. The minimum Gasteiger partial charge on any atom is -0.462 e. The molecule has 29 heavy (non-hydrogen) atoms. The van der Waals surface area contributed by atoms with Gasteiger partial charge in [-0.2, -0.15) is 5.26 Å². The number of nitriles is 1. The maximum atomic E-state index is 12.2. The van der Waals surface area contributed by atoms with Crippen LogP contribution in [0.3, 0.4) is 0 Å². The van der Waals surface area contributed by atoms with E-state index in [2.05, 4.69) is 10.6 Å². The van der Waals surface area contributed by atoms with Gasteiger partial charge >= 0.3 is 5.97 Å². The maximum absolute atomic E-state index is 12.2. The monoisotopic (exact) mass is 394 g/mol. The van der Waals surface area contributed by atoms with Crippen molar-refractivity contribution in [1.82, 2.24) is 5.32 Å². The third-order valence-corrected chi connectivity index (χ3v) is 3.72. The summed E-state index contributed by atoms with van der Waals surface area (Å²) in [6.07, 6.45) is 1.28. The molecule has 148 valence electrons. The Hall–Kier alpha value is -4.19. The number of hydrogen-bond acceptors (Lipinski definition) is 7. The average Bonchev–Trinajstić information content (AvgIpc) is 2.72. The zero-order valence-corrected chi connectivity index (χ0v) is 15.5. The predicted molar refractivity (Wildman–Crippen MR) is 105 cm³/mol. The molecule has 0 saturated heterocycles. The summed E-state index contributed by atoms with van der Waals surface area (Å²) in [6.45, 7) is 2.36. The van der Waals surface area contributed by atoms with Crippen LogP contribution in [0.5, 0.6) is 0 Å². The van der Waals surface area contributed by atoms with E-state index in [1.165, 1.54) is 30.5 Å². The Kier molecular flexibility index (Phi) is 7.44. The van der Waals surface area contributed by atoms with E-state index in [0.717, 1.165) is 5.56 Å². The summed E-state index contributed by atoms with van der Waals surface area (Å²) in [7, 11) is 0. The molecular weight excluding hydrogens is 376 g/mol. The first kappa shape index (κ1) is 21.1. The van der Waals surface area contributed by atoms with Crippen LogP contribution in [0.4, 0.5) is 11.4 Å². The molecule has 0 atom stereocenters. The largest absolute Gasteiger partial charge is 0.462 e. The van der Waals surface area contributed by atoms with Crippen molar-refractivity contribution in [3.63, 3.8) is 0 Å². The van der Waals surface area contributed by atoms with Gasteiger partial charge in [0.15, 0.2) is 0 Å². The number of esters is 1. The van der Waals surface area contributed by atoms with Crippen molar-refractivity contribution in [2.75, 3.05) is 11.9 Å². The Bertz CT molecular complexity index is 960. The van der Waals surface area contributed by atoms with E-state index >= 15 is 0 Å². The molecule has 0 aliphatic heterocycles. The zero-order valence-electron chi connectivity index (χ0n) is 15.5. The van der Waals surface area contributed by atoms with E-state index in [-0.39, 0.29) is 11.3 Å². The molecule has 9 nitrogen and oxygen atoms in total. The number of nitro benzene ring substituents is 1. The van der Waals surface area contributed by atoms with Crippen molar-refractivity contribution in [1.29, 1.82) is 5.26 Å². The van der Waals surface area contributed by atoms with Gasteiger partial charge in [-0.15, -0.1) is 0 Å². The first-order chi connectivity index (χ1) is 13.9. The summed E-state index contributed by atoms with van der Waals surface area (Å²) in [5.41, 5.74) is 1.34. The molecule has 0 aliphatic rings. The molecule has 2 aromatic rings. The van der Waals surface area contributed by atoms with Crippen molar-refractivity contribution < 1.29 is 19.2 Å². The number of carbonyl (C=O) groups is 2. The van der Waals surface area contributed by atoms with Crippen LogP contribution < -0.4 is 10.6 Å². The number of non-ortho nitro benzene ring substituents is 1.